The van der Waals surface area contributed by atoms with Gasteiger partial charge in [0, 0.05) is 17.5 Å². The van der Waals surface area contributed by atoms with E-state index in [4.69, 9.17) is 0 Å². The maximum absolute atomic E-state index is 12.7. The number of thioether (sulfide) groups is 2. The van der Waals surface area contributed by atoms with Crippen LogP contribution in [0.25, 0.3) is 0 Å². The average Bonchev–Trinajstić information content (AvgIpc) is 2.81. The van der Waals surface area contributed by atoms with E-state index in [1.807, 2.05) is 0 Å². The first kappa shape index (κ1) is 22.3. The van der Waals surface area contributed by atoms with Gasteiger partial charge in [-0.1, -0.05) is 48.2 Å². The minimum Gasteiger partial charge on any atom is -0.477 e. The number of aliphatic hydroxyl groups excluding tert-OH is 2. The minimum absolute atomic E-state index is 0.157. The Labute approximate surface area is 191 Å². The number of β-lactam (4-membered cyclic amide) rings is 1. The highest BCUT2D eigenvalue weighted by Crippen LogP contribution is 2.43. The topological polar surface area (TPSA) is 140 Å². The predicted molar refractivity (Wildman–Crippen MR) is 117 cm³/mol. The number of carbonyl (C=O) groups excluding carboxylic acids is 2. The van der Waals surface area contributed by atoms with Crippen molar-refractivity contribution >= 4 is 41.3 Å². The summed E-state index contributed by atoms with van der Waals surface area (Å²) < 4.78 is 0. The molecular formula is C21H19N3O6S2. The van der Waals surface area contributed by atoms with E-state index in [0.717, 1.165) is 16.7 Å². The molecule has 9 nitrogen and oxygen atoms in total. The van der Waals surface area contributed by atoms with Gasteiger partial charge in [-0.3, -0.25) is 14.5 Å². The largest absolute Gasteiger partial charge is 0.477 e. The number of pyridine rings is 1. The third-order valence-electron chi connectivity index (χ3n) is 5.03. The van der Waals surface area contributed by atoms with Crippen LogP contribution < -0.4 is 5.32 Å². The van der Waals surface area contributed by atoms with Crippen molar-refractivity contribution < 1.29 is 29.7 Å². The number of rotatable bonds is 7. The van der Waals surface area contributed by atoms with E-state index < -0.39 is 40.7 Å². The number of aromatic nitrogens is 1. The summed E-state index contributed by atoms with van der Waals surface area (Å²) in [6, 6.07) is 12.5. The molecule has 2 amide bonds. The fraction of sp³-hybridized carbons (Fsp3) is 0.238. The van der Waals surface area contributed by atoms with Crippen molar-refractivity contribution in [2.45, 2.75) is 28.0 Å². The molecule has 3 unspecified atom stereocenters. The van der Waals surface area contributed by atoms with Crippen LogP contribution in [0.15, 0.2) is 71.0 Å². The van der Waals surface area contributed by atoms with Crippen LogP contribution in [0.2, 0.25) is 0 Å². The van der Waals surface area contributed by atoms with Crippen LogP contribution in [0.3, 0.4) is 0 Å². The van der Waals surface area contributed by atoms with Gasteiger partial charge >= 0.3 is 5.97 Å². The van der Waals surface area contributed by atoms with Crippen LogP contribution in [0.5, 0.6) is 0 Å². The number of fused-ring (bicyclic) bond motifs is 1. The van der Waals surface area contributed by atoms with E-state index in [1.54, 1.807) is 54.7 Å². The lowest BCUT2D eigenvalue weighted by atomic mass is 10.0. The third kappa shape index (κ3) is 4.24. The molecule has 0 radical (unpaired) electrons. The molecule has 1 aromatic carbocycles. The molecule has 2 aliphatic rings. The van der Waals surface area contributed by atoms with Gasteiger partial charge in [0.1, 0.15) is 22.5 Å². The molecule has 0 saturated carbocycles. The first-order valence-corrected chi connectivity index (χ1v) is 11.5. The Balaban J connectivity index is 1.49. The SMILES string of the molecule is O=C(O)C1=C(C(O)Sc2ccccn2)CS[C@H]2C(NC(=O)C(O)c3ccccc3)C(=O)N12. The lowest BCUT2D eigenvalue weighted by Crippen LogP contribution is -2.71. The zero-order chi connectivity index (χ0) is 22.8. The Morgan fingerprint density at radius 3 is 2.53 bits per heavy atom. The fourth-order valence-corrected chi connectivity index (χ4v) is 5.78. The van der Waals surface area contributed by atoms with Crippen molar-refractivity contribution in [3.05, 3.63) is 71.6 Å². The van der Waals surface area contributed by atoms with Gasteiger partial charge in [-0.15, -0.1) is 11.8 Å². The summed E-state index contributed by atoms with van der Waals surface area (Å²) in [5.41, 5.74) is -0.917. The second kappa shape index (κ2) is 9.33. The Hall–Kier alpha value is -2.86. The van der Waals surface area contributed by atoms with Crippen molar-refractivity contribution in [2.75, 3.05) is 5.75 Å². The summed E-state index contributed by atoms with van der Waals surface area (Å²) in [6.45, 7) is 0. The van der Waals surface area contributed by atoms with Crippen molar-refractivity contribution in [2.24, 2.45) is 0 Å². The monoisotopic (exact) mass is 473 g/mol. The molecule has 11 heteroatoms. The second-order valence-electron chi connectivity index (χ2n) is 7.03. The summed E-state index contributed by atoms with van der Waals surface area (Å²) in [5, 5.41) is 33.0. The van der Waals surface area contributed by atoms with E-state index >= 15 is 0 Å². The zero-order valence-electron chi connectivity index (χ0n) is 16.5. The Kier molecular flexibility index (Phi) is 6.51. The summed E-state index contributed by atoms with van der Waals surface area (Å²) in [5.74, 6) is -2.54. The van der Waals surface area contributed by atoms with Crippen molar-refractivity contribution in [3.8, 4) is 0 Å². The van der Waals surface area contributed by atoms with Gasteiger partial charge in [0.05, 0.1) is 5.03 Å². The van der Waals surface area contributed by atoms with Crippen molar-refractivity contribution in [1.82, 2.24) is 15.2 Å². The van der Waals surface area contributed by atoms with Gasteiger partial charge in [-0.05, 0) is 17.7 Å². The number of carbonyl (C=O) groups is 3. The number of aliphatic hydroxyl groups is 2. The molecule has 1 fully saturated rings. The molecule has 4 N–H and O–H groups in total. The van der Waals surface area contributed by atoms with E-state index in [0.29, 0.717) is 10.6 Å². The molecule has 0 bridgehead atoms. The molecule has 0 aliphatic carbocycles. The molecule has 1 saturated heterocycles. The van der Waals surface area contributed by atoms with Crippen LogP contribution in [0.4, 0.5) is 0 Å². The molecule has 2 aromatic rings. The van der Waals surface area contributed by atoms with Gasteiger partial charge in [-0.25, -0.2) is 9.78 Å². The number of hydrogen-bond donors (Lipinski definition) is 4. The zero-order valence-corrected chi connectivity index (χ0v) is 18.1. The molecule has 4 atom stereocenters. The van der Waals surface area contributed by atoms with E-state index in [1.165, 1.54) is 11.8 Å². The Morgan fingerprint density at radius 2 is 1.88 bits per heavy atom. The van der Waals surface area contributed by atoms with Gasteiger partial charge < -0.3 is 20.6 Å². The van der Waals surface area contributed by atoms with E-state index in [9.17, 15) is 29.7 Å². The number of carboxylic acids is 1. The van der Waals surface area contributed by atoms with E-state index in [-0.39, 0.29) is 17.0 Å². The quantitative estimate of drug-likeness (QED) is 0.263. The maximum atomic E-state index is 12.7. The standard InChI is InChI=1S/C21H19N3O6S2/c25-16(11-6-2-1-3-7-11)17(26)23-14-18(27)24-15(20(28)29)12(10-31-19(14)24)21(30)32-13-8-4-5-9-22-13/h1-9,14,16,19,21,25,30H,10H2,(H,23,26)(H,28,29)/t14?,16?,19-,21?/m0/s1. The number of aliphatic carboxylic acids is 1. The highest BCUT2D eigenvalue weighted by atomic mass is 32.2. The minimum atomic E-state index is -1.45. The Bertz CT molecular complexity index is 1070. The summed E-state index contributed by atoms with van der Waals surface area (Å²) >= 11 is 2.22. The molecule has 3 heterocycles. The number of nitrogens with one attached hydrogen (secondary N) is 1. The number of hydrogen-bond acceptors (Lipinski definition) is 8. The summed E-state index contributed by atoms with van der Waals surface area (Å²) in [6.07, 6.45) is 0.108. The fourth-order valence-electron chi connectivity index (χ4n) is 3.45. The van der Waals surface area contributed by atoms with Crippen LogP contribution in [0.1, 0.15) is 11.7 Å². The average molecular weight is 474 g/mol. The van der Waals surface area contributed by atoms with Crippen LogP contribution >= 0.6 is 23.5 Å². The molecule has 166 valence electrons. The van der Waals surface area contributed by atoms with Gasteiger partial charge in [-0.2, -0.15) is 0 Å². The lowest BCUT2D eigenvalue weighted by molar-refractivity contribution is -0.151. The third-order valence-corrected chi connectivity index (χ3v) is 7.32. The molecule has 0 spiro atoms. The summed E-state index contributed by atoms with van der Waals surface area (Å²) in [4.78, 5) is 42.3. The molecular weight excluding hydrogens is 454 g/mol. The van der Waals surface area contributed by atoms with Crippen LogP contribution in [-0.4, -0.2) is 65.6 Å². The number of benzene rings is 1. The van der Waals surface area contributed by atoms with Crippen LogP contribution in [0, 0.1) is 0 Å². The normalized spacial score (nSPS) is 21.9. The smallest absolute Gasteiger partial charge is 0.352 e. The molecule has 1 aromatic heterocycles. The maximum Gasteiger partial charge on any atom is 0.352 e. The van der Waals surface area contributed by atoms with E-state index in [2.05, 4.69) is 10.3 Å². The first-order valence-electron chi connectivity index (χ1n) is 9.58. The van der Waals surface area contributed by atoms with Crippen molar-refractivity contribution in [3.63, 3.8) is 0 Å². The lowest BCUT2D eigenvalue weighted by Gasteiger charge is -2.49. The second-order valence-corrected chi connectivity index (χ2v) is 9.23. The highest BCUT2D eigenvalue weighted by Gasteiger charge is 2.55. The van der Waals surface area contributed by atoms with Crippen molar-refractivity contribution in [1.29, 1.82) is 0 Å². The number of nitrogens with zero attached hydrogens (tertiary/aromatic N) is 2. The number of amides is 2. The predicted octanol–water partition coefficient (Wildman–Crippen LogP) is 0.964. The molecule has 4 rings (SSSR count). The first-order chi connectivity index (χ1) is 15.4. The van der Waals surface area contributed by atoms with Gasteiger partial charge in [0.2, 0.25) is 0 Å². The molecule has 2 aliphatic heterocycles. The summed E-state index contributed by atoms with van der Waals surface area (Å²) in [7, 11) is 0. The molecule has 32 heavy (non-hydrogen) atoms. The van der Waals surface area contributed by atoms with Crippen LogP contribution in [-0.2, 0) is 14.4 Å². The number of carboxylic acid groups (broad SMARTS) is 1. The highest BCUT2D eigenvalue weighted by molar-refractivity contribution is 8.01. The van der Waals surface area contributed by atoms with Gasteiger partial charge in [0.25, 0.3) is 11.8 Å². The van der Waals surface area contributed by atoms with Gasteiger partial charge in [0.15, 0.2) is 6.10 Å². The Morgan fingerprint density at radius 1 is 1.16 bits per heavy atom.